The van der Waals surface area contributed by atoms with E-state index in [0.717, 1.165) is 37.8 Å². The summed E-state index contributed by atoms with van der Waals surface area (Å²) in [6.07, 6.45) is 3.17. The van der Waals surface area contributed by atoms with Crippen LogP contribution in [-0.4, -0.2) is 43.7 Å². The standard InChI is InChI=1S/C17H27N3OS.HI/c1-17(2,22-4)12-20-16(18-3)19-11-13-9-10-21-15-8-6-5-7-14(13)15;/h5-8,13H,9-12H2,1-4H3,(H2,18,19,20);1H. The van der Waals surface area contributed by atoms with Crippen LogP contribution in [0.4, 0.5) is 0 Å². The number of guanidine groups is 1. The summed E-state index contributed by atoms with van der Waals surface area (Å²) in [5.41, 5.74) is 1.29. The number of benzene rings is 1. The van der Waals surface area contributed by atoms with Crippen LogP contribution in [0.5, 0.6) is 5.75 Å². The molecule has 4 nitrogen and oxygen atoms in total. The van der Waals surface area contributed by atoms with Gasteiger partial charge in [0.2, 0.25) is 0 Å². The largest absolute Gasteiger partial charge is 0.493 e. The summed E-state index contributed by atoms with van der Waals surface area (Å²) in [5.74, 6) is 2.36. The van der Waals surface area contributed by atoms with Gasteiger partial charge in [-0.25, -0.2) is 0 Å². The van der Waals surface area contributed by atoms with Gasteiger partial charge in [0, 0.05) is 30.8 Å². The summed E-state index contributed by atoms with van der Waals surface area (Å²) >= 11 is 1.85. The van der Waals surface area contributed by atoms with E-state index in [4.69, 9.17) is 4.74 Å². The quantitative estimate of drug-likeness (QED) is 0.411. The fourth-order valence-electron chi connectivity index (χ4n) is 2.44. The molecule has 0 saturated carbocycles. The lowest BCUT2D eigenvalue weighted by Crippen LogP contribution is -2.44. The Morgan fingerprint density at radius 2 is 2.09 bits per heavy atom. The van der Waals surface area contributed by atoms with Gasteiger partial charge in [-0.05, 0) is 38.2 Å². The van der Waals surface area contributed by atoms with E-state index in [9.17, 15) is 0 Å². The number of hydrogen-bond acceptors (Lipinski definition) is 3. The van der Waals surface area contributed by atoms with E-state index >= 15 is 0 Å². The van der Waals surface area contributed by atoms with Gasteiger partial charge in [-0.15, -0.1) is 24.0 Å². The van der Waals surface area contributed by atoms with Gasteiger partial charge in [0.05, 0.1) is 6.61 Å². The molecule has 0 amide bonds. The van der Waals surface area contributed by atoms with E-state index in [1.165, 1.54) is 5.56 Å². The number of rotatable bonds is 5. The zero-order chi connectivity index (χ0) is 16.0. The molecule has 1 aliphatic heterocycles. The van der Waals surface area contributed by atoms with E-state index in [-0.39, 0.29) is 28.7 Å². The predicted molar refractivity (Wildman–Crippen MR) is 112 cm³/mol. The highest BCUT2D eigenvalue weighted by Gasteiger charge is 2.21. The van der Waals surface area contributed by atoms with Crippen LogP contribution in [0.3, 0.4) is 0 Å². The summed E-state index contributed by atoms with van der Waals surface area (Å²) in [5, 5.41) is 6.86. The van der Waals surface area contributed by atoms with E-state index < -0.39 is 0 Å². The van der Waals surface area contributed by atoms with Crippen molar-refractivity contribution < 1.29 is 4.74 Å². The lowest BCUT2D eigenvalue weighted by atomic mass is 9.93. The van der Waals surface area contributed by atoms with E-state index in [1.54, 1.807) is 0 Å². The topological polar surface area (TPSA) is 45.7 Å². The van der Waals surface area contributed by atoms with Crippen molar-refractivity contribution in [3.8, 4) is 5.75 Å². The van der Waals surface area contributed by atoms with E-state index in [0.29, 0.717) is 5.92 Å². The Morgan fingerprint density at radius 3 is 2.78 bits per heavy atom. The van der Waals surface area contributed by atoms with Crippen LogP contribution in [0.25, 0.3) is 0 Å². The van der Waals surface area contributed by atoms with Crippen molar-refractivity contribution in [3.63, 3.8) is 0 Å². The van der Waals surface area contributed by atoms with Crippen molar-refractivity contribution >= 4 is 41.7 Å². The highest BCUT2D eigenvalue weighted by Crippen LogP contribution is 2.32. The first kappa shape index (κ1) is 20.4. The fourth-order valence-corrected chi connectivity index (χ4v) is 2.65. The molecule has 0 fully saturated rings. The molecule has 2 rings (SSSR count). The second kappa shape index (κ2) is 9.61. The van der Waals surface area contributed by atoms with Crippen LogP contribution in [0.1, 0.15) is 31.7 Å². The molecule has 1 aromatic rings. The van der Waals surface area contributed by atoms with Crippen LogP contribution in [-0.2, 0) is 0 Å². The first-order chi connectivity index (χ1) is 10.6. The van der Waals surface area contributed by atoms with Gasteiger partial charge in [-0.1, -0.05) is 18.2 Å². The first-order valence-corrected chi connectivity index (χ1v) is 8.99. The maximum atomic E-state index is 5.72. The van der Waals surface area contributed by atoms with Crippen LogP contribution in [0, 0.1) is 0 Å². The maximum Gasteiger partial charge on any atom is 0.191 e. The highest BCUT2D eigenvalue weighted by molar-refractivity contribution is 14.0. The second-order valence-electron chi connectivity index (χ2n) is 6.14. The molecule has 1 aromatic carbocycles. The molecule has 0 aromatic heterocycles. The molecular weight excluding hydrogens is 421 g/mol. The average molecular weight is 449 g/mol. The SMILES string of the molecule is CN=C(NCC1CCOc2ccccc21)NCC(C)(C)SC.I. The van der Waals surface area contributed by atoms with Gasteiger partial charge in [0.25, 0.3) is 0 Å². The van der Waals surface area contributed by atoms with Crippen molar-refractivity contribution in [3.05, 3.63) is 29.8 Å². The summed E-state index contributed by atoms with van der Waals surface area (Å²) in [6, 6.07) is 8.32. The van der Waals surface area contributed by atoms with E-state index in [1.807, 2.05) is 24.9 Å². The van der Waals surface area contributed by atoms with Crippen molar-refractivity contribution in [2.24, 2.45) is 4.99 Å². The molecule has 2 N–H and O–H groups in total. The third-order valence-electron chi connectivity index (χ3n) is 4.06. The Kier molecular flexibility index (Phi) is 8.53. The number of para-hydroxylation sites is 1. The van der Waals surface area contributed by atoms with Gasteiger partial charge >= 0.3 is 0 Å². The number of fused-ring (bicyclic) bond motifs is 1. The van der Waals surface area contributed by atoms with Gasteiger partial charge in [-0.3, -0.25) is 4.99 Å². The molecular formula is C17H28IN3OS. The van der Waals surface area contributed by atoms with Crippen LogP contribution in [0.15, 0.2) is 29.3 Å². The Bertz CT molecular complexity index is 522. The molecule has 1 atom stereocenters. The Morgan fingerprint density at radius 1 is 1.35 bits per heavy atom. The zero-order valence-corrected chi connectivity index (χ0v) is 17.5. The van der Waals surface area contributed by atoms with Gasteiger partial charge in [-0.2, -0.15) is 11.8 Å². The number of thioether (sulfide) groups is 1. The Balaban J connectivity index is 0.00000264. The molecule has 1 unspecified atom stereocenters. The molecule has 0 radical (unpaired) electrons. The predicted octanol–water partition coefficient (Wildman–Crippen LogP) is 3.48. The van der Waals surface area contributed by atoms with Gasteiger partial charge in [0.1, 0.15) is 5.75 Å². The molecule has 6 heteroatoms. The molecule has 23 heavy (non-hydrogen) atoms. The minimum atomic E-state index is 0. The maximum absolute atomic E-state index is 5.72. The van der Waals surface area contributed by atoms with Gasteiger partial charge in [0.15, 0.2) is 5.96 Å². The van der Waals surface area contributed by atoms with Crippen molar-refractivity contribution in [1.82, 2.24) is 10.6 Å². The van der Waals surface area contributed by atoms with Gasteiger partial charge < -0.3 is 15.4 Å². The van der Waals surface area contributed by atoms with Crippen molar-refractivity contribution in [2.75, 3.05) is 33.0 Å². The molecule has 130 valence electrons. The number of nitrogens with one attached hydrogen (secondary N) is 2. The first-order valence-electron chi connectivity index (χ1n) is 7.77. The Hall–Kier alpha value is -0.630. The van der Waals surface area contributed by atoms with Crippen LogP contribution >= 0.6 is 35.7 Å². The van der Waals surface area contributed by atoms with Crippen molar-refractivity contribution in [1.29, 1.82) is 0 Å². The molecule has 0 spiro atoms. The normalized spacial score (nSPS) is 17.6. The number of hydrogen-bond donors (Lipinski definition) is 2. The monoisotopic (exact) mass is 449 g/mol. The third kappa shape index (κ3) is 6.06. The summed E-state index contributed by atoms with van der Waals surface area (Å²) < 4.78 is 5.91. The summed E-state index contributed by atoms with van der Waals surface area (Å²) in [4.78, 5) is 4.32. The second-order valence-corrected chi connectivity index (χ2v) is 7.66. The number of nitrogens with zero attached hydrogens (tertiary/aromatic N) is 1. The number of ether oxygens (including phenoxy) is 1. The molecule has 1 aliphatic rings. The lowest BCUT2D eigenvalue weighted by molar-refractivity contribution is 0.267. The fraction of sp³-hybridized carbons (Fsp3) is 0.588. The highest BCUT2D eigenvalue weighted by atomic mass is 127. The summed E-state index contributed by atoms with van der Waals surface area (Å²) in [6.45, 7) is 7.01. The van der Waals surface area contributed by atoms with Crippen LogP contribution < -0.4 is 15.4 Å². The molecule has 0 bridgehead atoms. The molecule has 0 aliphatic carbocycles. The molecule has 0 saturated heterocycles. The number of aliphatic imine (C=N–C) groups is 1. The minimum absolute atomic E-state index is 0. The minimum Gasteiger partial charge on any atom is -0.493 e. The van der Waals surface area contributed by atoms with Crippen LogP contribution in [0.2, 0.25) is 0 Å². The third-order valence-corrected chi connectivity index (χ3v) is 5.31. The zero-order valence-electron chi connectivity index (χ0n) is 14.4. The Labute approximate surface area is 161 Å². The lowest BCUT2D eigenvalue weighted by Gasteiger charge is -2.27. The smallest absolute Gasteiger partial charge is 0.191 e. The average Bonchev–Trinajstić information content (AvgIpc) is 2.55. The summed E-state index contributed by atoms with van der Waals surface area (Å²) in [7, 11) is 1.82. The molecule has 1 heterocycles. The van der Waals surface area contributed by atoms with E-state index in [2.05, 4.69) is 53.9 Å². The number of halogens is 1. The van der Waals surface area contributed by atoms with Crippen molar-refractivity contribution in [2.45, 2.75) is 30.9 Å².